The van der Waals surface area contributed by atoms with Crippen LogP contribution in [0.5, 0.6) is 0 Å². The van der Waals surface area contributed by atoms with Gasteiger partial charge in [0.15, 0.2) is 0 Å². The first-order valence-corrected chi connectivity index (χ1v) is 1.59. The molecule has 0 aromatic rings. The van der Waals surface area contributed by atoms with Crippen molar-refractivity contribution in [1.82, 2.24) is 0 Å². The van der Waals surface area contributed by atoms with Crippen LogP contribution in [0.25, 0.3) is 0 Å². The Morgan fingerprint density at radius 3 is 1.40 bits per heavy atom. The Morgan fingerprint density at radius 2 is 1.40 bits per heavy atom. The van der Waals surface area contributed by atoms with Gasteiger partial charge in [0.25, 0.3) is 0 Å². The van der Waals surface area contributed by atoms with E-state index in [9.17, 15) is 0 Å². The first-order chi connectivity index (χ1) is 2.00. The molecule has 0 saturated carbocycles. The van der Waals surface area contributed by atoms with E-state index in [0.717, 1.165) is 37.8 Å². The Labute approximate surface area is 64.7 Å². The van der Waals surface area contributed by atoms with Crippen molar-refractivity contribution in [3.05, 3.63) is 0 Å². The van der Waals surface area contributed by atoms with Gasteiger partial charge in [0.05, 0.1) is 0 Å². The van der Waals surface area contributed by atoms with Crippen molar-refractivity contribution in [2.75, 3.05) is 0 Å². The molecule has 0 aliphatic heterocycles. The first-order valence-electron chi connectivity index (χ1n) is 0.387. The summed E-state index contributed by atoms with van der Waals surface area (Å²) in [4.78, 5) is 0. The van der Waals surface area contributed by atoms with Gasteiger partial charge in [0.1, 0.15) is 0 Å². The summed E-state index contributed by atoms with van der Waals surface area (Å²) in [6.45, 7) is 0. The SMILES string of the molecule is [H-].[Li+].[O]=[Ti].[O]=[V]. The fourth-order valence-corrected chi connectivity index (χ4v) is 0. The van der Waals surface area contributed by atoms with E-state index in [1.165, 1.54) is 0 Å². The van der Waals surface area contributed by atoms with Gasteiger partial charge >= 0.3 is 63.6 Å². The van der Waals surface area contributed by atoms with Crippen LogP contribution >= 0.6 is 0 Å². The zero-order valence-corrected chi connectivity index (χ0v) is 5.72. The molecule has 0 spiro atoms. The third kappa shape index (κ3) is 30.0. The van der Waals surface area contributed by atoms with Gasteiger partial charge in [-0.15, -0.1) is 0 Å². The maximum absolute atomic E-state index is 8.25. The van der Waals surface area contributed by atoms with Gasteiger partial charge in [-0.1, -0.05) is 0 Å². The van der Waals surface area contributed by atoms with Gasteiger partial charge in [-0.05, 0) is 0 Å². The van der Waals surface area contributed by atoms with Gasteiger partial charge in [0.2, 0.25) is 0 Å². The molecule has 0 aromatic heterocycles. The van der Waals surface area contributed by atoms with Gasteiger partial charge in [-0.3, -0.25) is 0 Å². The predicted molar refractivity (Wildman–Crippen MR) is 2.49 cm³/mol. The topological polar surface area (TPSA) is 34.1 Å². The molecule has 0 aliphatic carbocycles. The van der Waals surface area contributed by atoms with E-state index in [1.807, 2.05) is 0 Å². The van der Waals surface area contributed by atoms with Gasteiger partial charge < -0.3 is 1.43 Å². The molecular formula is HLiO2TiV. The molecule has 0 heterocycles. The van der Waals surface area contributed by atoms with Crippen LogP contribution in [0.1, 0.15) is 1.43 Å². The van der Waals surface area contributed by atoms with E-state index >= 15 is 0 Å². The molecule has 0 saturated heterocycles. The molecule has 0 N–H and O–H groups in total. The average molecular weight is 139 g/mol. The van der Waals surface area contributed by atoms with Crippen LogP contribution in [0.2, 0.25) is 0 Å². The fourth-order valence-electron chi connectivity index (χ4n) is 0. The summed E-state index contributed by atoms with van der Waals surface area (Å²) >= 11 is 1.81. The number of hydrogen-bond acceptors (Lipinski definition) is 2. The zero-order chi connectivity index (χ0) is 4.00. The second-order valence-corrected chi connectivity index (χ2v) is 0. The van der Waals surface area contributed by atoms with E-state index < -0.39 is 0 Å². The summed E-state index contributed by atoms with van der Waals surface area (Å²) in [5.74, 6) is 0. The standard InChI is InChI=1S/Li.2O.Ti.V.H/q+1;;;;;-1. The molecule has 0 aromatic carbocycles. The molecular weight excluding hydrogens is 138 g/mol. The summed E-state index contributed by atoms with van der Waals surface area (Å²) < 4.78 is 16.4. The maximum atomic E-state index is 8.25. The molecule has 5 heavy (non-hydrogen) atoms. The second-order valence-electron chi connectivity index (χ2n) is 0. The molecule has 0 atom stereocenters. The Bertz CT molecular complexity index is 15.5. The van der Waals surface area contributed by atoms with Crippen LogP contribution < -0.4 is 18.9 Å². The second kappa shape index (κ2) is 49.6. The van der Waals surface area contributed by atoms with Gasteiger partial charge in [0, 0.05) is 0 Å². The number of rotatable bonds is 0. The van der Waals surface area contributed by atoms with Crippen LogP contribution in [-0.2, 0) is 44.8 Å². The molecule has 0 amide bonds. The van der Waals surface area contributed by atoms with E-state index in [-0.39, 0.29) is 20.3 Å². The molecule has 0 unspecified atom stereocenters. The first kappa shape index (κ1) is 16.1. The third-order valence-corrected chi connectivity index (χ3v) is 0. The van der Waals surface area contributed by atoms with Crippen molar-refractivity contribution in [2.45, 2.75) is 0 Å². The molecule has 23 valence electrons. The van der Waals surface area contributed by atoms with Crippen LogP contribution in [0.15, 0.2) is 0 Å². The fraction of sp³-hybridized carbons (Fsp3) is 0. The molecule has 0 fully saturated rings. The van der Waals surface area contributed by atoms with Crippen molar-refractivity contribution in [2.24, 2.45) is 0 Å². The summed E-state index contributed by atoms with van der Waals surface area (Å²) in [5.41, 5.74) is 0. The molecule has 0 bridgehead atoms. The Hall–Kier alpha value is 1.50. The van der Waals surface area contributed by atoms with E-state index in [2.05, 4.69) is 0 Å². The summed E-state index contributed by atoms with van der Waals surface area (Å²) in [6, 6.07) is 0. The molecule has 2 nitrogen and oxygen atoms in total. The monoisotopic (exact) mass is 139 g/mol. The number of hydrogen-bond donors (Lipinski definition) is 0. The van der Waals surface area contributed by atoms with Crippen LogP contribution in [0.4, 0.5) is 0 Å². The van der Waals surface area contributed by atoms with Crippen molar-refractivity contribution < 1.29 is 65.1 Å². The summed E-state index contributed by atoms with van der Waals surface area (Å²) in [6.07, 6.45) is 0. The molecule has 5 heteroatoms. The average Bonchev–Trinajstić information content (AvgIpc) is 1.50. The van der Waals surface area contributed by atoms with Crippen molar-refractivity contribution >= 4 is 0 Å². The molecule has 0 aliphatic rings. The molecule has 0 rings (SSSR count). The van der Waals surface area contributed by atoms with E-state index in [4.69, 9.17) is 7.00 Å². The van der Waals surface area contributed by atoms with Gasteiger partial charge in [-0.2, -0.15) is 0 Å². The summed E-state index contributed by atoms with van der Waals surface area (Å²) in [7, 11) is 0. The normalized spacial score (nSPS) is 1.20. The minimum atomic E-state index is 0. The summed E-state index contributed by atoms with van der Waals surface area (Å²) in [5, 5.41) is 0. The van der Waals surface area contributed by atoms with E-state index in [1.54, 1.807) is 0 Å². The Balaban J connectivity index is -0.00000000500. The minimum absolute atomic E-state index is 0. The van der Waals surface area contributed by atoms with Crippen molar-refractivity contribution in [3.63, 3.8) is 0 Å². The van der Waals surface area contributed by atoms with Crippen molar-refractivity contribution in [3.8, 4) is 0 Å². The predicted octanol–water partition coefficient (Wildman–Crippen LogP) is -3.13. The van der Waals surface area contributed by atoms with Crippen LogP contribution in [0.3, 0.4) is 0 Å². The van der Waals surface area contributed by atoms with Crippen molar-refractivity contribution in [1.29, 1.82) is 0 Å². The Morgan fingerprint density at radius 1 is 1.40 bits per heavy atom. The third-order valence-electron chi connectivity index (χ3n) is 0. The van der Waals surface area contributed by atoms with E-state index in [0.29, 0.717) is 0 Å². The zero-order valence-electron chi connectivity index (χ0n) is 3.76. The van der Waals surface area contributed by atoms with Crippen LogP contribution in [0, 0.1) is 0 Å². The Kier molecular flexibility index (Phi) is 159. The van der Waals surface area contributed by atoms with Crippen LogP contribution in [-0.4, -0.2) is 0 Å². The molecule has 0 radical (unpaired) electrons. The van der Waals surface area contributed by atoms with Gasteiger partial charge in [-0.25, -0.2) is 0 Å². The quantitative estimate of drug-likeness (QED) is 0.332.